The molecule has 0 spiro atoms. The van der Waals surface area contributed by atoms with Gasteiger partial charge in [-0.15, -0.1) is 0 Å². The van der Waals surface area contributed by atoms with Gasteiger partial charge in [0.1, 0.15) is 0 Å². The molecule has 0 aromatic heterocycles. The van der Waals surface area contributed by atoms with Crippen molar-refractivity contribution >= 4 is 11.4 Å². The predicted molar refractivity (Wildman–Crippen MR) is 180 cm³/mol. The molecule has 1 aliphatic heterocycles. The van der Waals surface area contributed by atoms with Crippen LogP contribution in [0.25, 0.3) is 0 Å². The molecule has 248 valence electrons. The van der Waals surface area contributed by atoms with Gasteiger partial charge < -0.3 is 25.1 Å². The van der Waals surface area contributed by atoms with Gasteiger partial charge >= 0.3 is 0 Å². The molecule has 3 unspecified atom stereocenters. The number of nitrogens with zero attached hydrogens (tertiary/aromatic N) is 2. The van der Waals surface area contributed by atoms with E-state index in [4.69, 9.17) is 14.2 Å². The molecule has 0 saturated carbocycles. The van der Waals surface area contributed by atoms with E-state index in [1.807, 2.05) is 27.7 Å². The van der Waals surface area contributed by atoms with Crippen molar-refractivity contribution in [1.29, 1.82) is 0 Å². The lowest BCUT2D eigenvalue weighted by Gasteiger charge is -2.47. The summed E-state index contributed by atoms with van der Waals surface area (Å²) < 4.78 is 19.7. The second-order valence-electron chi connectivity index (χ2n) is 13.5. The second kappa shape index (κ2) is 24.2. The number of hydrazone groups is 2. The van der Waals surface area contributed by atoms with Gasteiger partial charge in [-0.05, 0) is 87.0 Å². The molecule has 1 saturated heterocycles. The van der Waals surface area contributed by atoms with Gasteiger partial charge in [0, 0.05) is 30.4 Å². The summed E-state index contributed by atoms with van der Waals surface area (Å²) in [6.07, 6.45) is 19.1. The number of ether oxygens (including phenoxy) is 3. The van der Waals surface area contributed by atoms with E-state index < -0.39 is 0 Å². The molecule has 0 radical (unpaired) electrons. The third-order valence-corrected chi connectivity index (χ3v) is 8.01. The van der Waals surface area contributed by atoms with E-state index in [-0.39, 0.29) is 30.7 Å². The lowest BCUT2D eigenvalue weighted by molar-refractivity contribution is -0.289. The Bertz CT molecular complexity index is 702. The van der Waals surface area contributed by atoms with Crippen LogP contribution in [-0.4, -0.2) is 55.2 Å². The van der Waals surface area contributed by atoms with Gasteiger partial charge in [0.2, 0.25) is 0 Å². The minimum atomic E-state index is -0.125. The highest BCUT2D eigenvalue weighted by atomic mass is 16.7. The molecular formula is C35H70N4O3. The van der Waals surface area contributed by atoms with Gasteiger partial charge in [-0.2, -0.15) is 10.2 Å². The topological polar surface area (TPSA) is 76.5 Å². The molecule has 0 bridgehead atoms. The highest BCUT2D eigenvalue weighted by molar-refractivity contribution is 5.79. The zero-order chi connectivity index (χ0) is 31.2. The van der Waals surface area contributed by atoms with Crippen LogP contribution in [0.2, 0.25) is 0 Å². The Hall–Kier alpha value is -1.18. The number of hydrogen-bond acceptors (Lipinski definition) is 7. The highest BCUT2D eigenvalue weighted by Crippen LogP contribution is 2.39. The summed E-state index contributed by atoms with van der Waals surface area (Å²) in [7, 11) is 0. The molecule has 1 heterocycles. The summed E-state index contributed by atoms with van der Waals surface area (Å²) in [6.45, 7) is 21.0. The van der Waals surface area contributed by atoms with Gasteiger partial charge in [-0.3, -0.25) is 0 Å². The van der Waals surface area contributed by atoms with Crippen LogP contribution >= 0.6 is 0 Å². The number of hydrogen-bond donors (Lipinski definition) is 2. The van der Waals surface area contributed by atoms with Crippen LogP contribution in [0.5, 0.6) is 0 Å². The monoisotopic (exact) mass is 595 g/mol. The van der Waals surface area contributed by atoms with Crippen molar-refractivity contribution in [2.75, 3.05) is 13.1 Å². The Morgan fingerprint density at radius 2 is 1.05 bits per heavy atom. The molecule has 1 rings (SSSR count). The quantitative estimate of drug-likeness (QED) is 0.0626. The number of unbranched alkanes of at least 4 members (excludes halogenated alkanes) is 11. The Kier molecular flexibility index (Phi) is 22.4. The van der Waals surface area contributed by atoms with Crippen molar-refractivity contribution in [2.45, 2.75) is 189 Å². The molecule has 0 aliphatic carbocycles. The minimum absolute atomic E-state index is 0.116. The molecule has 5 atom stereocenters. The largest absolute Gasteiger partial charge is 0.373 e. The first kappa shape index (κ1) is 38.8. The van der Waals surface area contributed by atoms with Crippen molar-refractivity contribution in [3.63, 3.8) is 0 Å². The second-order valence-corrected chi connectivity index (χ2v) is 13.5. The molecular weight excluding hydrogens is 524 g/mol. The Balaban J connectivity index is 2.46. The Morgan fingerprint density at radius 1 is 0.619 bits per heavy atom. The fourth-order valence-corrected chi connectivity index (χ4v) is 5.89. The van der Waals surface area contributed by atoms with E-state index >= 15 is 0 Å². The highest BCUT2D eigenvalue weighted by Gasteiger charge is 2.44. The Labute approximate surface area is 260 Å². The molecule has 0 amide bonds. The molecule has 7 heteroatoms. The zero-order valence-electron chi connectivity index (χ0n) is 29.2. The maximum Gasteiger partial charge on any atom is 0.161 e. The predicted octanol–water partition coefficient (Wildman–Crippen LogP) is 9.00. The van der Waals surface area contributed by atoms with Gasteiger partial charge in [0.05, 0.1) is 24.4 Å². The van der Waals surface area contributed by atoms with Crippen LogP contribution < -0.4 is 10.9 Å². The molecule has 2 N–H and O–H groups in total. The average molecular weight is 595 g/mol. The van der Waals surface area contributed by atoms with Crippen molar-refractivity contribution in [1.82, 2.24) is 10.9 Å². The SMILES string of the molecule is CC(C)=NNCCCCCCCCCC1O[C@H](OC(C)C)C(CCCCCCCCNN=C(C)C)C(C)[C@@H]1OC(C)C. The Morgan fingerprint density at radius 3 is 1.50 bits per heavy atom. The first-order valence-electron chi connectivity index (χ1n) is 17.6. The van der Waals surface area contributed by atoms with Crippen LogP contribution in [0.3, 0.4) is 0 Å². The van der Waals surface area contributed by atoms with Gasteiger partial charge in [0.15, 0.2) is 6.29 Å². The fourth-order valence-electron chi connectivity index (χ4n) is 5.89. The first-order chi connectivity index (χ1) is 20.1. The van der Waals surface area contributed by atoms with Crippen LogP contribution in [0.4, 0.5) is 0 Å². The van der Waals surface area contributed by atoms with Crippen LogP contribution in [0.1, 0.15) is 159 Å². The van der Waals surface area contributed by atoms with Crippen LogP contribution in [0, 0.1) is 11.8 Å². The fraction of sp³-hybridized carbons (Fsp3) is 0.943. The number of rotatable bonds is 25. The molecule has 42 heavy (non-hydrogen) atoms. The third-order valence-electron chi connectivity index (χ3n) is 8.01. The minimum Gasteiger partial charge on any atom is -0.373 e. The third kappa shape index (κ3) is 19.2. The van der Waals surface area contributed by atoms with E-state index in [0.29, 0.717) is 11.8 Å². The lowest BCUT2D eigenvalue weighted by Crippen LogP contribution is -2.53. The van der Waals surface area contributed by atoms with Gasteiger partial charge in [-0.25, -0.2) is 0 Å². The van der Waals surface area contributed by atoms with E-state index in [9.17, 15) is 0 Å². The van der Waals surface area contributed by atoms with Crippen molar-refractivity contribution in [3.8, 4) is 0 Å². The van der Waals surface area contributed by atoms with Crippen molar-refractivity contribution < 1.29 is 14.2 Å². The summed E-state index contributed by atoms with van der Waals surface area (Å²) in [4.78, 5) is 0. The van der Waals surface area contributed by atoms with Gasteiger partial charge in [-0.1, -0.05) is 77.6 Å². The van der Waals surface area contributed by atoms with Crippen molar-refractivity contribution in [2.24, 2.45) is 22.0 Å². The lowest BCUT2D eigenvalue weighted by atomic mass is 9.79. The summed E-state index contributed by atoms with van der Waals surface area (Å²) in [5.41, 5.74) is 8.47. The van der Waals surface area contributed by atoms with Crippen LogP contribution in [-0.2, 0) is 14.2 Å². The summed E-state index contributed by atoms with van der Waals surface area (Å²) >= 11 is 0. The van der Waals surface area contributed by atoms with Gasteiger partial charge in [0.25, 0.3) is 0 Å². The molecule has 0 aromatic rings. The summed E-state index contributed by atoms with van der Waals surface area (Å²) in [5, 5.41) is 8.51. The van der Waals surface area contributed by atoms with E-state index in [2.05, 4.69) is 55.7 Å². The van der Waals surface area contributed by atoms with E-state index in [0.717, 1.165) is 37.4 Å². The maximum absolute atomic E-state index is 6.76. The standard InChI is InChI=1S/C35H70N4O3/c1-27(2)38-36-25-21-17-13-10-11-16-20-24-33-34(40-29(5)6)31(9)32(35(42-33)41-30(7)8)23-19-15-12-14-18-22-26-37-39-28(3)4/h29-37H,10-26H2,1-9H3/t31?,32?,33?,34-,35-/m0/s1. The average Bonchev–Trinajstić information content (AvgIpc) is 2.90. The normalized spacial score (nSPS) is 22.4. The first-order valence-corrected chi connectivity index (χ1v) is 17.6. The molecule has 1 fully saturated rings. The zero-order valence-corrected chi connectivity index (χ0v) is 29.2. The van der Waals surface area contributed by atoms with E-state index in [1.165, 1.54) is 83.5 Å². The summed E-state index contributed by atoms with van der Waals surface area (Å²) in [5.74, 6) is 0.811. The van der Waals surface area contributed by atoms with E-state index in [1.54, 1.807) is 0 Å². The van der Waals surface area contributed by atoms with Crippen LogP contribution in [0.15, 0.2) is 10.2 Å². The smallest absolute Gasteiger partial charge is 0.161 e. The maximum atomic E-state index is 6.76. The van der Waals surface area contributed by atoms with Crippen molar-refractivity contribution in [3.05, 3.63) is 0 Å². The summed E-state index contributed by atoms with van der Waals surface area (Å²) in [6, 6.07) is 0. The molecule has 0 aromatic carbocycles. The molecule has 7 nitrogen and oxygen atoms in total. The number of nitrogens with one attached hydrogen (secondary N) is 2. The molecule has 1 aliphatic rings.